The van der Waals surface area contributed by atoms with Crippen LogP contribution in [0.25, 0.3) is 5.70 Å². The first-order valence-corrected chi connectivity index (χ1v) is 7.70. The molecule has 1 heterocycles. The van der Waals surface area contributed by atoms with Crippen LogP contribution in [-0.2, 0) is 58.5 Å². The summed E-state index contributed by atoms with van der Waals surface area (Å²) in [6, 6.07) is 0. The zero-order valence-corrected chi connectivity index (χ0v) is 18.1. The Balaban J connectivity index is 0.00000361. The molecule has 0 spiro atoms. The van der Waals surface area contributed by atoms with Crippen LogP contribution in [0.5, 0.6) is 0 Å². The summed E-state index contributed by atoms with van der Waals surface area (Å²) < 4.78 is 3.60. The molecule has 0 saturated heterocycles. The molecule has 0 N–H and O–H groups in total. The van der Waals surface area contributed by atoms with Crippen molar-refractivity contribution in [1.29, 1.82) is 0 Å². The van der Waals surface area contributed by atoms with E-state index in [1.54, 1.807) is 17.6 Å². The summed E-state index contributed by atoms with van der Waals surface area (Å²) in [5.74, 6) is 1.97. The fourth-order valence-electron chi connectivity index (χ4n) is 1.73. The van der Waals surface area contributed by atoms with Crippen molar-refractivity contribution in [2.24, 2.45) is 0 Å². The summed E-state index contributed by atoms with van der Waals surface area (Å²) >= 11 is 1.26. The third-order valence-electron chi connectivity index (χ3n) is 2.78. The van der Waals surface area contributed by atoms with Crippen LogP contribution >= 0.6 is 0 Å². The van der Waals surface area contributed by atoms with Crippen LogP contribution in [0.1, 0.15) is 30.9 Å². The molecule has 3 nitrogen and oxygen atoms in total. The summed E-state index contributed by atoms with van der Waals surface area (Å²) in [7, 11) is 0. The van der Waals surface area contributed by atoms with Crippen molar-refractivity contribution in [1.82, 2.24) is 9.55 Å². The van der Waals surface area contributed by atoms with Gasteiger partial charge in [-0.05, 0) is 0 Å². The molecule has 0 atom stereocenters. The fourth-order valence-corrected chi connectivity index (χ4v) is 2.39. The molecule has 1 aromatic heterocycles. The van der Waals surface area contributed by atoms with Gasteiger partial charge in [0.15, 0.2) is 0 Å². The van der Waals surface area contributed by atoms with E-state index in [1.807, 2.05) is 25.2 Å². The van der Waals surface area contributed by atoms with Crippen molar-refractivity contribution in [3.63, 3.8) is 0 Å². The summed E-state index contributed by atoms with van der Waals surface area (Å²) in [4.78, 5) is 17.0. The normalized spacial score (nSPS) is 11.2. The third-order valence-corrected chi connectivity index (χ3v) is 3.65. The number of nitrogens with zero attached hydrogens (tertiary/aromatic N) is 2. The van der Waals surface area contributed by atoms with Gasteiger partial charge >= 0.3 is 125 Å². The van der Waals surface area contributed by atoms with Crippen molar-refractivity contribution >= 4 is 10.1 Å². The Bertz CT molecular complexity index is 588. The minimum absolute atomic E-state index is 0. The standard InChI is InChI=1S/C15H18N2O.W.Y/c1-7-8-11(4)17-14(9-10(2)3)16-13(6)12(5)15(17)18;;/h1,4,7-8H,9H2,2-3,5-6H3;;/q-2;;/b11-8+;;. The van der Waals surface area contributed by atoms with E-state index < -0.39 is 0 Å². The van der Waals surface area contributed by atoms with Crippen LogP contribution in [0, 0.1) is 26.3 Å². The van der Waals surface area contributed by atoms with Gasteiger partial charge in [0, 0.05) is 32.7 Å². The maximum absolute atomic E-state index is 12.5. The first-order valence-electron chi connectivity index (χ1n) is 6.01. The van der Waals surface area contributed by atoms with Crippen LogP contribution in [0.15, 0.2) is 16.9 Å². The predicted molar refractivity (Wildman–Crippen MR) is 75.5 cm³/mol. The van der Waals surface area contributed by atoms with Gasteiger partial charge in [-0.25, -0.2) is 0 Å². The van der Waals surface area contributed by atoms with Crippen molar-refractivity contribution in [2.45, 2.75) is 34.1 Å². The van der Waals surface area contributed by atoms with E-state index in [0.717, 1.165) is 17.2 Å². The summed E-state index contributed by atoms with van der Waals surface area (Å²) in [6.07, 6.45) is 3.86. The van der Waals surface area contributed by atoms with Crippen LogP contribution in [0.3, 0.4) is 0 Å². The van der Waals surface area contributed by atoms with E-state index in [2.05, 4.69) is 4.98 Å². The number of hydrogen-bond acceptors (Lipinski definition) is 2. The molecule has 0 amide bonds. The number of aryl methyl sites for hydroxylation is 1. The molecule has 0 saturated carbocycles. The molecule has 1 aromatic rings. The molecule has 0 fully saturated rings. The summed E-state index contributed by atoms with van der Waals surface area (Å²) in [5, 5.41) is 0. The van der Waals surface area contributed by atoms with Gasteiger partial charge in [-0.3, -0.25) is 0 Å². The van der Waals surface area contributed by atoms with E-state index in [-0.39, 0.29) is 38.3 Å². The minimum Gasteiger partial charge on any atom is 0 e. The second kappa shape index (κ2) is 9.12. The van der Waals surface area contributed by atoms with Crippen LogP contribution in [0.2, 0.25) is 0 Å². The van der Waals surface area contributed by atoms with E-state index >= 15 is 0 Å². The fraction of sp³-hybridized carbons (Fsp3) is 0.333. The van der Waals surface area contributed by atoms with Gasteiger partial charge in [0.25, 0.3) is 0 Å². The minimum atomic E-state index is -0.0191. The average molecular weight is 515 g/mol. The molecule has 105 valence electrons. The Kier molecular flexibility index (Phi) is 9.13. The molecule has 0 unspecified atom stereocenters. The molecule has 1 rings (SSSR count). The Labute approximate surface area is 156 Å². The quantitative estimate of drug-likeness (QED) is 0.446. The van der Waals surface area contributed by atoms with Gasteiger partial charge in [-0.15, -0.1) is 0 Å². The number of allylic oxidation sites excluding steroid dienone is 3. The van der Waals surface area contributed by atoms with Gasteiger partial charge in [0.2, 0.25) is 0 Å². The monoisotopic (exact) mass is 515 g/mol. The van der Waals surface area contributed by atoms with Crippen molar-refractivity contribution in [2.75, 3.05) is 0 Å². The Hall–Kier alpha value is 0.0222. The third kappa shape index (κ3) is 4.79. The SMILES string of the molecule is [CH-]=C/C=C(\[CH]=[W])n1c(C[C-](C)C)nc(C)c(C)c1=O.[Y]. The van der Waals surface area contributed by atoms with Gasteiger partial charge in [0.05, 0.1) is 0 Å². The molecule has 0 bridgehead atoms. The average Bonchev–Trinajstić information content (AvgIpc) is 2.34. The number of aromatic nitrogens is 2. The Morgan fingerprint density at radius 3 is 2.50 bits per heavy atom. The van der Waals surface area contributed by atoms with Crippen LogP contribution in [-0.4, -0.2) is 14.0 Å². The van der Waals surface area contributed by atoms with Gasteiger partial charge < -0.3 is 0 Å². The predicted octanol–water partition coefficient (Wildman–Crippen LogP) is 2.19. The van der Waals surface area contributed by atoms with E-state index in [1.165, 1.54) is 31.3 Å². The smallest absolute Gasteiger partial charge is 0 e. The second-order valence-corrected chi connectivity index (χ2v) is 5.51. The molecule has 5 heteroatoms. The second-order valence-electron chi connectivity index (χ2n) is 4.66. The maximum Gasteiger partial charge on any atom is 0 e. The van der Waals surface area contributed by atoms with Gasteiger partial charge in [-0.2, -0.15) is 0 Å². The molecular formula is C15H18N2OWY-2. The van der Waals surface area contributed by atoms with Gasteiger partial charge in [0.1, 0.15) is 0 Å². The molecule has 0 aromatic carbocycles. The molecule has 0 aliphatic carbocycles. The largest absolute Gasteiger partial charge is 0 e. The number of hydrogen-bond donors (Lipinski definition) is 0. The Morgan fingerprint density at radius 1 is 1.45 bits per heavy atom. The summed E-state index contributed by atoms with van der Waals surface area (Å²) in [5.41, 5.74) is 2.23. The first-order chi connectivity index (χ1) is 8.92. The van der Waals surface area contributed by atoms with Crippen LogP contribution < -0.4 is 5.56 Å². The first kappa shape index (κ1) is 20.0. The van der Waals surface area contributed by atoms with E-state index in [0.29, 0.717) is 12.0 Å². The van der Waals surface area contributed by atoms with E-state index in [9.17, 15) is 4.79 Å². The number of rotatable bonds is 5. The topological polar surface area (TPSA) is 34.9 Å². The maximum atomic E-state index is 12.5. The zero-order chi connectivity index (χ0) is 14.6. The summed E-state index contributed by atoms with van der Waals surface area (Å²) in [6.45, 7) is 13.2. The van der Waals surface area contributed by atoms with Crippen LogP contribution in [0.4, 0.5) is 0 Å². The van der Waals surface area contributed by atoms with Crippen molar-refractivity contribution < 1.29 is 52.1 Å². The molecule has 20 heavy (non-hydrogen) atoms. The Morgan fingerprint density at radius 2 is 2.05 bits per heavy atom. The van der Waals surface area contributed by atoms with E-state index in [4.69, 9.17) is 6.58 Å². The molecule has 0 aliphatic rings. The molecule has 1 radical (unpaired) electrons. The molecular weight excluding hydrogens is 497 g/mol. The molecule has 0 aliphatic heterocycles. The zero-order valence-electron chi connectivity index (χ0n) is 12.3. The van der Waals surface area contributed by atoms with Gasteiger partial charge in [-0.1, -0.05) is 0 Å². The van der Waals surface area contributed by atoms with Crippen molar-refractivity contribution in [3.05, 3.63) is 52.1 Å². The van der Waals surface area contributed by atoms with Crippen molar-refractivity contribution in [3.8, 4) is 0 Å².